The number of aliphatic hydroxyl groups is 3. The van der Waals surface area contributed by atoms with Crippen LogP contribution in [0.1, 0.15) is 20.3 Å². The molecule has 0 aromatic rings. The molecule has 3 N–H and O–H groups in total. The fraction of sp³-hybridized carbons (Fsp3) is 0.800. The van der Waals surface area contributed by atoms with Crippen LogP contribution in [0.25, 0.3) is 0 Å². The number of hydrogen-bond donors (Lipinski definition) is 3. The molecule has 4 fully saturated rings. The Hall–Kier alpha value is -0.950. The highest BCUT2D eigenvalue weighted by molar-refractivity contribution is 5.91. The average molecular weight is 296 g/mol. The van der Waals surface area contributed by atoms with E-state index in [-0.39, 0.29) is 11.5 Å². The van der Waals surface area contributed by atoms with Gasteiger partial charge in [0.2, 0.25) is 0 Å². The fourth-order valence-electron chi connectivity index (χ4n) is 5.01. The molecular weight excluding hydrogens is 276 g/mol. The van der Waals surface area contributed by atoms with Gasteiger partial charge in [0.1, 0.15) is 23.9 Å². The highest BCUT2D eigenvalue weighted by atomic mass is 16.6. The number of esters is 1. The van der Waals surface area contributed by atoms with Crippen LogP contribution < -0.4 is 0 Å². The average Bonchev–Trinajstić information content (AvgIpc) is 3.02. The summed E-state index contributed by atoms with van der Waals surface area (Å²) in [6.07, 6.45) is -2.53. The topological polar surface area (TPSA) is 99.5 Å². The lowest BCUT2D eigenvalue weighted by atomic mass is 9.74. The van der Waals surface area contributed by atoms with Gasteiger partial charge in [-0.05, 0) is 19.3 Å². The predicted octanol–water partition coefficient (Wildman–Crippen LogP) is -0.636. The van der Waals surface area contributed by atoms with Gasteiger partial charge in [-0.1, -0.05) is 13.5 Å². The largest absolute Gasteiger partial charge is 0.458 e. The second-order valence-electron chi connectivity index (χ2n) is 7.17. The van der Waals surface area contributed by atoms with E-state index in [1.165, 1.54) is 0 Å². The zero-order valence-corrected chi connectivity index (χ0v) is 12.0. The number of fused-ring (bicyclic) bond motifs is 2. The first kappa shape index (κ1) is 13.7. The van der Waals surface area contributed by atoms with Crippen LogP contribution in [0.3, 0.4) is 0 Å². The molecule has 9 atom stereocenters. The molecule has 6 heteroatoms. The SMILES string of the molecule is C=C1C(=O)OC2C3C4(OC4[C@H](O)[C@@]3(C)O)[C@@H](C)C[C@H](O)[C@@H]12. The summed E-state index contributed by atoms with van der Waals surface area (Å²) in [5.41, 5.74) is -1.91. The molecule has 21 heavy (non-hydrogen) atoms. The van der Waals surface area contributed by atoms with E-state index in [1.54, 1.807) is 6.92 Å². The maximum Gasteiger partial charge on any atom is 0.334 e. The number of carbonyl (C=O) groups is 1. The van der Waals surface area contributed by atoms with Crippen molar-refractivity contribution >= 4 is 5.97 Å². The van der Waals surface area contributed by atoms with Gasteiger partial charge < -0.3 is 24.8 Å². The van der Waals surface area contributed by atoms with E-state index >= 15 is 0 Å². The van der Waals surface area contributed by atoms with Crippen LogP contribution in [0.2, 0.25) is 0 Å². The third-order valence-electron chi connectivity index (χ3n) is 6.09. The summed E-state index contributed by atoms with van der Waals surface area (Å²) in [5.74, 6) is -1.71. The van der Waals surface area contributed by atoms with Crippen LogP contribution in [0.4, 0.5) is 0 Å². The number of rotatable bonds is 0. The summed E-state index contributed by atoms with van der Waals surface area (Å²) in [6, 6.07) is 0. The summed E-state index contributed by atoms with van der Waals surface area (Å²) < 4.78 is 11.2. The van der Waals surface area contributed by atoms with E-state index < -0.39 is 53.4 Å². The van der Waals surface area contributed by atoms with Crippen LogP contribution in [0.15, 0.2) is 12.2 Å². The second kappa shape index (κ2) is 3.68. The first-order valence-corrected chi connectivity index (χ1v) is 7.39. The maximum absolute atomic E-state index is 11.9. The Kier molecular flexibility index (Phi) is 2.40. The summed E-state index contributed by atoms with van der Waals surface area (Å²) in [5, 5.41) is 31.5. The lowest BCUT2D eigenvalue weighted by Crippen LogP contribution is -2.53. The van der Waals surface area contributed by atoms with E-state index in [1.807, 2.05) is 6.92 Å². The molecule has 2 heterocycles. The minimum absolute atomic E-state index is 0.0526. The first-order valence-electron chi connectivity index (χ1n) is 7.39. The lowest BCUT2D eigenvalue weighted by molar-refractivity contribution is -0.168. The zero-order chi connectivity index (χ0) is 15.3. The van der Waals surface area contributed by atoms with Gasteiger partial charge in [-0.25, -0.2) is 4.79 Å². The number of ether oxygens (including phenoxy) is 2. The van der Waals surface area contributed by atoms with Crippen molar-refractivity contribution in [2.45, 2.75) is 55.9 Å². The molecule has 116 valence electrons. The Balaban J connectivity index is 1.86. The van der Waals surface area contributed by atoms with Crippen molar-refractivity contribution in [1.29, 1.82) is 0 Å². The van der Waals surface area contributed by atoms with Crippen LogP contribution in [-0.2, 0) is 14.3 Å². The molecule has 6 nitrogen and oxygen atoms in total. The minimum Gasteiger partial charge on any atom is -0.458 e. The molecule has 2 aliphatic carbocycles. The molecule has 0 radical (unpaired) electrons. The summed E-state index contributed by atoms with van der Waals surface area (Å²) in [7, 11) is 0. The lowest BCUT2D eigenvalue weighted by Gasteiger charge is -2.38. The molecule has 2 aliphatic heterocycles. The molecular formula is C15H20O6. The quantitative estimate of drug-likeness (QED) is 0.312. The van der Waals surface area contributed by atoms with Crippen LogP contribution in [0, 0.1) is 17.8 Å². The van der Waals surface area contributed by atoms with Gasteiger partial charge in [0.25, 0.3) is 0 Å². The van der Waals surface area contributed by atoms with E-state index in [9.17, 15) is 20.1 Å². The Morgan fingerprint density at radius 1 is 1.38 bits per heavy atom. The van der Waals surface area contributed by atoms with Gasteiger partial charge in [0.15, 0.2) is 0 Å². The maximum atomic E-state index is 11.9. The fourth-order valence-corrected chi connectivity index (χ4v) is 5.01. The third kappa shape index (κ3) is 1.35. The molecule has 0 aromatic heterocycles. The van der Waals surface area contributed by atoms with E-state index in [0.717, 1.165) is 0 Å². The zero-order valence-electron chi connectivity index (χ0n) is 12.0. The molecule has 4 aliphatic rings. The van der Waals surface area contributed by atoms with Gasteiger partial charge >= 0.3 is 5.97 Å². The van der Waals surface area contributed by atoms with Gasteiger partial charge in [0.05, 0.1) is 23.5 Å². The Morgan fingerprint density at radius 2 is 2.05 bits per heavy atom. The number of aliphatic hydroxyl groups excluding tert-OH is 2. The van der Waals surface area contributed by atoms with Crippen molar-refractivity contribution in [3.63, 3.8) is 0 Å². The molecule has 0 bridgehead atoms. The van der Waals surface area contributed by atoms with Crippen LogP contribution in [-0.4, -0.2) is 56.9 Å². The highest BCUT2D eigenvalue weighted by Gasteiger charge is 2.82. The summed E-state index contributed by atoms with van der Waals surface area (Å²) in [6.45, 7) is 7.23. The summed E-state index contributed by atoms with van der Waals surface area (Å²) >= 11 is 0. The van der Waals surface area contributed by atoms with Crippen LogP contribution in [0.5, 0.6) is 0 Å². The van der Waals surface area contributed by atoms with Crippen molar-refractivity contribution in [3.05, 3.63) is 12.2 Å². The van der Waals surface area contributed by atoms with Crippen molar-refractivity contribution in [2.75, 3.05) is 0 Å². The van der Waals surface area contributed by atoms with Gasteiger partial charge in [-0.2, -0.15) is 0 Å². The van der Waals surface area contributed by atoms with Gasteiger partial charge in [0, 0.05) is 5.57 Å². The second-order valence-corrected chi connectivity index (χ2v) is 7.17. The summed E-state index contributed by atoms with van der Waals surface area (Å²) in [4.78, 5) is 11.9. The van der Waals surface area contributed by atoms with E-state index in [2.05, 4.69) is 6.58 Å². The molecule has 4 rings (SSSR count). The van der Waals surface area contributed by atoms with Gasteiger partial charge in [-0.3, -0.25) is 0 Å². The number of carbonyl (C=O) groups excluding carboxylic acids is 1. The molecule has 1 spiro atoms. The van der Waals surface area contributed by atoms with E-state index in [4.69, 9.17) is 9.47 Å². The van der Waals surface area contributed by atoms with E-state index in [0.29, 0.717) is 6.42 Å². The third-order valence-corrected chi connectivity index (χ3v) is 6.09. The Bertz CT molecular complexity index is 542. The Morgan fingerprint density at radius 3 is 2.71 bits per heavy atom. The first-order chi connectivity index (χ1) is 9.72. The van der Waals surface area contributed by atoms with Crippen molar-refractivity contribution < 1.29 is 29.6 Å². The number of epoxide rings is 1. The highest BCUT2D eigenvalue weighted by Crippen LogP contribution is 2.66. The minimum atomic E-state index is -1.42. The normalized spacial score (nSPS) is 61.7. The molecule has 2 saturated carbocycles. The standard InChI is InChI=1S/C15H20O6/c1-5-4-7(16)8-6(2)13(18)20-9(8)10-14(3,19)11(17)12-15(5,10)21-12/h5,7-12,16-17,19H,2,4H2,1,3H3/t5-,7-,8+,9?,10?,11-,12?,14-,15?/m0/s1. The smallest absolute Gasteiger partial charge is 0.334 e. The number of hydrogen-bond acceptors (Lipinski definition) is 6. The van der Waals surface area contributed by atoms with Crippen LogP contribution >= 0.6 is 0 Å². The molecule has 0 amide bonds. The Labute approximate surface area is 122 Å². The monoisotopic (exact) mass is 296 g/mol. The molecule has 4 unspecified atom stereocenters. The van der Waals surface area contributed by atoms with Crippen molar-refractivity contribution in [2.24, 2.45) is 17.8 Å². The van der Waals surface area contributed by atoms with Crippen molar-refractivity contribution in [3.8, 4) is 0 Å². The van der Waals surface area contributed by atoms with Gasteiger partial charge in [-0.15, -0.1) is 0 Å². The predicted molar refractivity (Wildman–Crippen MR) is 70.0 cm³/mol. The molecule has 0 aromatic carbocycles. The molecule has 2 saturated heterocycles. The van der Waals surface area contributed by atoms with Crippen molar-refractivity contribution in [1.82, 2.24) is 0 Å².